The molecule has 0 bridgehead atoms. The minimum absolute atomic E-state index is 1.14. The Morgan fingerprint density at radius 2 is 1.26 bits per heavy atom. The molecule has 0 rings (SSSR count). The van der Waals surface area contributed by atoms with Gasteiger partial charge in [-0.05, 0) is 37.8 Å². The van der Waals surface area contributed by atoms with Crippen LogP contribution in [0.15, 0.2) is 35.5 Å². The smallest absolute Gasteiger partial charge is 0.0279 e. The first-order valence-corrected chi connectivity index (χ1v) is 8.27. The fourth-order valence-corrected chi connectivity index (χ4v) is 1.45. The lowest BCUT2D eigenvalue weighted by Gasteiger charge is -2.07. The van der Waals surface area contributed by atoms with Gasteiger partial charge in [0, 0.05) is 0 Å². The van der Waals surface area contributed by atoms with Gasteiger partial charge in [-0.3, -0.25) is 0 Å². The van der Waals surface area contributed by atoms with Crippen LogP contribution in [-0.4, -0.2) is 0 Å². The van der Waals surface area contributed by atoms with Crippen LogP contribution in [0.3, 0.4) is 0 Å². The summed E-state index contributed by atoms with van der Waals surface area (Å²) < 4.78 is 0. The molecule has 0 aromatic carbocycles. The zero-order valence-electron chi connectivity index (χ0n) is 15.4. The second-order valence-electron chi connectivity index (χ2n) is 3.14. The van der Waals surface area contributed by atoms with Gasteiger partial charge in [-0.25, -0.2) is 0 Å². The van der Waals surface area contributed by atoms with Crippen molar-refractivity contribution in [3.8, 4) is 0 Å². The van der Waals surface area contributed by atoms with Crippen molar-refractivity contribution < 1.29 is 0 Å². The molecule has 0 amide bonds. The van der Waals surface area contributed by atoms with Crippen LogP contribution in [0, 0.1) is 0 Å². The molecule has 0 unspecified atom stereocenters. The molecule has 0 heteroatoms. The molecule has 116 valence electrons. The molecular formula is C19H40. The molecular weight excluding hydrogens is 228 g/mol. The molecule has 19 heavy (non-hydrogen) atoms. The van der Waals surface area contributed by atoms with Crippen LogP contribution < -0.4 is 0 Å². The third-order valence-corrected chi connectivity index (χ3v) is 2.15. The van der Waals surface area contributed by atoms with Gasteiger partial charge in [0.05, 0.1) is 0 Å². The molecule has 0 atom stereocenters. The summed E-state index contributed by atoms with van der Waals surface area (Å²) in [7, 11) is 0. The number of rotatable bonds is 5. The summed E-state index contributed by atoms with van der Waals surface area (Å²) in [5, 5.41) is 0. The van der Waals surface area contributed by atoms with E-state index in [1.54, 1.807) is 0 Å². The normalized spacial score (nSPS) is 10.6. The highest BCUT2D eigenvalue weighted by Gasteiger charge is 1.99. The number of hydrogen-bond donors (Lipinski definition) is 0. The van der Waals surface area contributed by atoms with E-state index in [-0.39, 0.29) is 0 Å². The Morgan fingerprint density at radius 3 is 1.53 bits per heavy atom. The molecule has 0 saturated carbocycles. The third kappa shape index (κ3) is 19.7. The van der Waals surface area contributed by atoms with Crippen LogP contribution in [0.5, 0.6) is 0 Å². The summed E-state index contributed by atoms with van der Waals surface area (Å²) in [6, 6.07) is 0. The molecule has 0 N–H and O–H groups in total. The summed E-state index contributed by atoms with van der Waals surface area (Å²) in [4.78, 5) is 0. The maximum absolute atomic E-state index is 2.24. The predicted molar refractivity (Wildman–Crippen MR) is 95.9 cm³/mol. The van der Waals surface area contributed by atoms with Crippen molar-refractivity contribution >= 4 is 0 Å². The fourth-order valence-electron chi connectivity index (χ4n) is 1.45. The Balaban J connectivity index is -0.000000163. The maximum atomic E-state index is 2.24. The van der Waals surface area contributed by atoms with Gasteiger partial charge in [-0.1, -0.05) is 86.1 Å². The maximum Gasteiger partial charge on any atom is -0.0279 e. The van der Waals surface area contributed by atoms with Crippen molar-refractivity contribution in [1.82, 2.24) is 0 Å². The molecule has 0 spiro atoms. The van der Waals surface area contributed by atoms with Crippen molar-refractivity contribution in [2.75, 3.05) is 0 Å². The Kier molecular flexibility index (Phi) is 42.7. The van der Waals surface area contributed by atoms with E-state index in [1.165, 1.54) is 24.0 Å². The van der Waals surface area contributed by atoms with Crippen LogP contribution >= 0.6 is 0 Å². The van der Waals surface area contributed by atoms with E-state index in [1.807, 2.05) is 41.5 Å². The Morgan fingerprint density at radius 1 is 0.789 bits per heavy atom. The molecule has 0 aromatic rings. The predicted octanol–water partition coefficient (Wildman–Crippen LogP) is 7.72. The lowest BCUT2D eigenvalue weighted by atomic mass is 9.98. The number of hydrogen-bond acceptors (Lipinski definition) is 0. The van der Waals surface area contributed by atoms with Crippen molar-refractivity contribution in [1.29, 1.82) is 0 Å². The van der Waals surface area contributed by atoms with E-state index in [0.29, 0.717) is 0 Å². The first-order valence-electron chi connectivity index (χ1n) is 8.27. The first-order chi connectivity index (χ1) is 9.29. The van der Waals surface area contributed by atoms with Gasteiger partial charge in [-0.15, -0.1) is 0 Å². The lowest BCUT2D eigenvalue weighted by Crippen LogP contribution is -1.87. The molecule has 0 aliphatic rings. The highest BCUT2D eigenvalue weighted by molar-refractivity contribution is 5.32. The Hall–Kier alpha value is -0.780. The van der Waals surface area contributed by atoms with Gasteiger partial charge in [0.15, 0.2) is 0 Å². The van der Waals surface area contributed by atoms with Crippen molar-refractivity contribution in [3.05, 3.63) is 35.5 Å². The average molecular weight is 269 g/mol. The van der Waals surface area contributed by atoms with Gasteiger partial charge in [0.2, 0.25) is 0 Å². The highest BCUT2D eigenvalue weighted by Crippen LogP contribution is 2.18. The van der Waals surface area contributed by atoms with Crippen LogP contribution in [0.4, 0.5) is 0 Å². The van der Waals surface area contributed by atoms with E-state index >= 15 is 0 Å². The summed E-state index contributed by atoms with van der Waals surface area (Å²) in [5.74, 6) is 0. The van der Waals surface area contributed by atoms with Gasteiger partial charge in [0.25, 0.3) is 0 Å². The summed E-state index contributed by atoms with van der Waals surface area (Å²) >= 11 is 0. The van der Waals surface area contributed by atoms with Gasteiger partial charge < -0.3 is 0 Å². The molecule has 0 aromatic heterocycles. The minimum atomic E-state index is 1.14. The zero-order valence-corrected chi connectivity index (χ0v) is 15.4. The highest BCUT2D eigenvalue weighted by atomic mass is 14.0. The fraction of sp³-hybridized carbons (Fsp3) is 0.684. The quantitative estimate of drug-likeness (QED) is 0.448. The Bertz CT molecular complexity index is 204. The second kappa shape index (κ2) is 30.3. The minimum Gasteiger partial charge on any atom is -0.0877 e. The van der Waals surface area contributed by atoms with Gasteiger partial charge >= 0.3 is 0 Å². The molecule has 0 fully saturated rings. The molecule has 0 radical (unpaired) electrons. The van der Waals surface area contributed by atoms with Crippen molar-refractivity contribution in [2.45, 2.75) is 88.5 Å². The van der Waals surface area contributed by atoms with Crippen molar-refractivity contribution in [2.24, 2.45) is 0 Å². The lowest BCUT2D eigenvalue weighted by molar-refractivity contribution is 0.892. The van der Waals surface area contributed by atoms with Crippen LogP contribution in [-0.2, 0) is 0 Å². The van der Waals surface area contributed by atoms with Gasteiger partial charge in [-0.2, -0.15) is 0 Å². The largest absolute Gasteiger partial charge is 0.0877 e. The Labute approximate surface area is 124 Å². The van der Waals surface area contributed by atoms with E-state index in [2.05, 4.69) is 52.0 Å². The monoisotopic (exact) mass is 268 g/mol. The number of allylic oxidation sites excluding steroid dienone is 6. The SMILES string of the molecule is CC.CC.CC.C\C=C/C=C(CCC)\C(=C/C)CC. The van der Waals surface area contributed by atoms with Crippen LogP contribution in [0.1, 0.15) is 88.5 Å². The molecule has 0 aliphatic heterocycles. The van der Waals surface area contributed by atoms with E-state index in [4.69, 9.17) is 0 Å². The van der Waals surface area contributed by atoms with E-state index < -0.39 is 0 Å². The first kappa shape index (κ1) is 26.7. The average Bonchev–Trinajstić information content (AvgIpc) is 2.52. The second-order valence-corrected chi connectivity index (χ2v) is 3.14. The topological polar surface area (TPSA) is 0 Å². The molecule has 0 saturated heterocycles. The summed E-state index contributed by atoms with van der Waals surface area (Å²) in [5.41, 5.74) is 2.98. The molecule has 0 aliphatic carbocycles. The van der Waals surface area contributed by atoms with Gasteiger partial charge in [0.1, 0.15) is 0 Å². The van der Waals surface area contributed by atoms with Crippen molar-refractivity contribution in [3.63, 3.8) is 0 Å². The molecule has 0 nitrogen and oxygen atoms in total. The summed E-state index contributed by atoms with van der Waals surface area (Å²) in [6.07, 6.45) is 12.2. The zero-order chi connectivity index (χ0) is 16.1. The van der Waals surface area contributed by atoms with E-state index in [9.17, 15) is 0 Å². The molecule has 0 heterocycles. The summed E-state index contributed by atoms with van der Waals surface area (Å²) in [6.45, 7) is 20.6. The third-order valence-electron chi connectivity index (χ3n) is 2.15. The van der Waals surface area contributed by atoms with Crippen LogP contribution in [0.2, 0.25) is 0 Å². The van der Waals surface area contributed by atoms with E-state index in [0.717, 1.165) is 6.42 Å². The standard InChI is InChI=1S/C13H22.3C2H6/c1-5-9-11-13(10-6-2)12(7-3)8-4;3*1-2/h5,7,9,11H,6,8,10H2,1-4H3;3*1-2H3/b9-5-,12-7-,13-11-;;;. The van der Waals surface area contributed by atoms with Crippen LogP contribution in [0.25, 0.3) is 0 Å².